The fourth-order valence-electron chi connectivity index (χ4n) is 18.4. The van der Waals surface area contributed by atoms with Crippen molar-refractivity contribution in [3.63, 3.8) is 0 Å². The normalized spacial score (nSPS) is 14.1. The van der Waals surface area contributed by atoms with Crippen LogP contribution in [0.3, 0.4) is 0 Å². The zero-order chi connectivity index (χ0) is 85.6. The van der Waals surface area contributed by atoms with Gasteiger partial charge in [-0.2, -0.15) is 9.97 Å². The number of nitrogens with zero attached hydrogens (tertiary/aromatic N) is 6. The van der Waals surface area contributed by atoms with Gasteiger partial charge in [0.1, 0.15) is 0 Å². The number of halogens is 1. The zero-order valence-corrected chi connectivity index (χ0v) is 73.5. The van der Waals surface area contributed by atoms with Crippen molar-refractivity contribution in [1.82, 2.24) is 29.9 Å². The van der Waals surface area contributed by atoms with Gasteiger partial charge < -0.3 is 9.31 Å². The third kappa shape index (κ3) is 14.5. The molecule has 0 atom stereocenters. The molecule has 0 amide bonds. The lowest BCUT2D eigenvalue weighted by Crippen LogP contribution is -2.41. The first-order valence-electron chi connectivity index (χ1n) is 42.9. The fourth-order valence-corrected chi connectivity index (χ4v) is 21.4. The van der Waals surface area contributed by atoms with Crippen LogP contribution in [0, 0.1) is 0 Å². The number of fused-ring (bicyclic) bond motifs is 12. The van der Waals surface area contributed by atoms with E-state index in [0.717, 1.165) is 55.5 Å². The molecule has 23 rings (SSSR count). The molecule has 5 heterocycles. The Kier molecular flexibility index (Phi) is 20.2. The average Bonchev–Trinajstić information content (AvgIpc) is 1.57. The van der Waals surface area contributed by atoms with E-state index in [1.807, 2.05) is 71.2 Å². The highest BCUT2D eigenvalue weighted by molar-refractivity contribution is 7.27. The maximum Gasteiger partial charge on any atom is 0.494 e. The summed E-state index contributed by atoms with van der Waals surface area (Å²) in [5, 5.41) is 5.33. The molecular weight excluding hydrogens is 1600 g/mol. The van der Waals surface area contributed by atoms with E-state index in [9.17, 15) is 0 Å². The summed E-state index contributed by atoms with van der Waals surface area (Å²) in [5.41, 5.74) is 29.5. The van der Waals surface area contributed by atoms with Crippen molar-refractivity contribution in [2.75, 3.05) is 0 Å². The van der Waals surface area contributed by atoms with Gasteiger partial charge in [-0.15, -0.1) is 22.7 Å². The molecular formula is C114H86BClN6O2S2. The smallest absolute Gasteiger partial charge is 0.399 e. The van der Waals surface area contributed by atoms with E-state index in [1.54, 1.807) is 0 Å². The molecule has 3 aliphatic rings. The molecule has 0 N–H and O–H groups in total. The van der Waals surface area contributed by atoms with Crippen LogP contribution in [0.15, 0.2) is 376 Å². The van der Waals surface area contributed by atoms with Crippen LogP contribution < -0.4 is 5.46 Å². The summed E-state index contributed by atoms with van der Waals surface area (Å²) in [4.78, 5) is 29.1. The Labute approximate surface area is 747 Å². The van der Waals surface area contributed by atoms with Crippen molar-refractivity contribution in [1.29, 1.82) is 0 Å². The van der Waals surface area contributed by atoms with Gasteiger partial charge >= 0.3 is 7.12 Å². The first-order valence-corrected chi connectivity index (χ1v) is 44.9. The lowest BCUT2D eigenvalue weighted by molar-refractivity contribution is 0.00578. The Morgan fingerprint density at radius 2 is 0.500 bits per heavy atom. The molecule has 4 aromatic heterocycles. The van der Waals surface area contributed by atoms with Gasteiger partial charge in [0.15, 0.2) is 29.1 Å². The van der Waals surface area contributed by atoms with Gasteiger partial charge in [0, 0.05) is 79.0 Å². The van der Waals surface area contributed by atoms with Crippen LogP contribution in [0.2, 0.25) is 5.28 Å². The molecule has 126 heavy (non-hydrogen) atoms. The molecule has 2 aliphatic carbocycles. The third-order valence-electron chi connectivity index (χ3n) is 25.7. The molecule has 606 valence electrons. The van der Waals surface area contributed by atoms with Gasteiger partial charge in [0.25, 0.3) is 0 Å². The molecule has 0 spiro atoms. The molecule has 0 saturated carbocycles. The SMILES string of the molecule is CC1(C)OB(c2cc(-c3ccccc3)cc(-c3cccc4c3sc3c(-c5ccccc5)cccc34)c2)OC1(C)C.CC1(C)c2ccccc2-c2ccc(-c3nc(-c4ccccc4)nc(-c4cc(-c5ccccc5)cc(-c5cccc6c5sc5c(-c7ccccc7)cccc56)c4)n3)cc21.CC1(C)c2ccccc2-c2ccc(-c3nc(Cl)nc(-c4ccccc4)n3)cc21. The molecule has 0 radical (unpaired) electrons. The highest BCUT2D eigenvalue weighted by Gasteiger charge is 2.52. The van der Waals surface area contributed by atoms with Gasteiger partial charge in [0.2, 0.25) is 5.28 Å². The van der Waals surface area contributed by atoms with Crippen molar-refractivity contribution < 1.29 is 9.31 Å². The number of hydrogen-bond donors (Lipinski definition) is 0. The highest BCUT2D eigenvalue weighted by Crippen LogP contribution is 2.53. The summed E-state index contributed by atoms with van der Waals surface area (Å²) in [7, 11) is -0.432. The van der Waals surface area contributed by atoms with Crippen molar-refractivity contribution in [2.45, 2.75) is 77.4 Å². The Bertz CT molecular complexity index is 7590. The van der Waals surface area contributed by atoms with Gasteiger partial charge in [-0.05, 0) is 192 Å². The summed E-state index contributed by atoms with van der Waals surface area (Å²) in [5.74, 6) is 3.12. The van der Waals surface area contributed by atoms with Crippen LogP contribution in [0.25, 0.3) is 186 Å². The summed E-state index contributed by atoms with van der Waals surface area (Å²) in [6, 6.07) is 133. The van der Waals surface area contributed by atoms with Crippen molar-refractivity contribution in [3.8, 4) is 146 Å². The van der Waals surface area contributed by atoms with E-state index < -0.39 is 18.3 Å². The van der Waals surface area contributed by atoms with Crippen LogP contribution in [-0.2, 0) is 20.1 Å². The van der Waals surface area contributed by atoms with Crippen LogP contribution in [-0.4, -0.2) is 48.2 Å². The molecule has 12 heteroatoms. The number of thiophene rings is 2. The van der Waals surface area contributed by atoms with Gasteiger partial charge in [-0.25, -0.2) is 19.9 Å². The molecule has 16 aromatic carbocycles. The minimum atomic E-state index is -0.432. The van der Waals surface area contributed by atoms with E-state index >= 15 is 0 Å². The minimum absolute atomic E-state index is 0.0684. The van der Waals surface area contributed by atoms with Crippen LogP contribution in [0.5, 0.6) is 0 Å². The Balaban J connectivity index is 0.000000124. The van der Waals surface area contributed by atoms with Gasteiger partial charge in [-0.1, -0.05) is 367 Å². The number of benzene rings is 16. The summed E-state index contributed by atoms with van der Waals surface area (Å²) in [6.07, 6.45) is 0. The van der Waals surface area contributed by atoms with E-state index in [-0.39, 0.29) is 16.1 Å². The summed E-state index contributed by atoms with van der Waals surface area (Å²) >= 11 is 9.99. The van der Waals surface area contributed by atoms with E-state index in [2.05, 4.69) is 398 Å². The third-order valence-corrected chi connectivity index (χ3v) is 28.5. The quantitative estimate of drug-likeness (QED) is 0.112. The zero-order valence-electron chi connectivity index (χ0n) is 71.1. The van der Waals surface area contributed by atoms with Gasteiger partial charge in [-0.3, -0.25) is 0 Å². The molecule has 0 bridgehead atoms. The first-order chi connectivity index (χ1) is 61.3. The second-order valence-electron chi connectivity index (χ2n) is 34.8. The predicted molar refractivity (Wildman–Crippen MR) is 528 cm³/mol. The summed E-state index contributed by atoms with van der Waals surface area (Å²) < 4.78 is 18.2. The molecule has 20 aromatic rings. The maximum absolute atomic E-state index is 6.51. The van der Waals surface area contributed by atoms with Crippen LogP contribution in [0.1, 0.15) is 77.6 Å². The molecule has 1 aliphatic heterocycles. The molecule has 1 fully saturated rings. The highest BCUT2D eigenvalue weighted by atomic mass is 35.5. The van der Waals surface area contributed by atoms with Crippen molar-refractivity contribution in [2.24, 2.45) is 0 Å². The van der Waals surface area contributed by atoms with Crippen LogP contribution >= 0.6 is 34.3 Å². The van der Waals surface area contributed by atoms with E-state index in [1.165, 1.54) is 129 Å². The van der Waals surface area contributed by atoms with E-state index in [4.69, 9.17) is 35.9 Å². The van der Waals surface area contributed by atoms with Crippen molar-refractivity contribution >= 4 is 87.2 Å². The number of aromatic nitrogens is 6. The number of hydrogen-bond acceptors (Lipinski definition) is 10. The maximum atomic E-state index is 6.51. The molecule has 8 nitrogen and oxygen atoms in total. The van der Waals surface area contributed by atoms with E-state index in [0.29, 0.717) is 29.1 Å². The van der Waals surface area contributed by atoms with Gasteiger partial charge in [0.05, 0.1) is 11.2 Å². The Hall–Kier alpha value is -13.7. The van der Waals surface area contributed by atoms with Crippen molar-refractivity contribution in [3.05, 3.63) is 404 Å². The lowest BCUT2D eigenvalue weighted by Gasteiger charge is -2.32. The molecule has 0 unspecified atom stereocenters. The second kappa shape index (κ2) is 32.1. The van der Waals surface area contributed by atoms with Crippen LogP contribution in [0.4, 0.5) is 0 Å². The lowest BCUT2D eigenvalue weighted by atomic mass is 9.76. The Morgan fingerprint density at radius 1 is 0.222 bits per heavy atom. The second-order valence-corrected chi connectivity index (χ2v) is 37.2. The molecule has 1 saturated heterocycles. The monoisotopic (exact) mass is 1680 g/mol. The standard InChI is InChI=1S/C54H37N3S.C36H31BO2S.C24H18ClN3/c1-54(2)47-27-13-12-22-43(47)44-29-28-37(33-48(44)54)52-55-51(36-20-10-5-11-21-36)56-53(57-52)40-31-38(34-16-6-3-7-17-34)30-39(32-40)42-24-15-26-46-45-25-14-23-41(49(45)58-50(42)46)35-18-8-4-9-19-35;1-35(2)36(3,4)39-37(38-35)28-22-26(24-13-7-5-8-14-24)21-27(23-28)30-18-12-20-32-31-19-11-17-29(33(31)40-34(30)32)25-15-9-6-10-16-25;1-24(2)19-11-7-6-10-17(19)18-13-12-16(14-20(18)24)22-26-21(27-23(25)28-22)15-8-4-3-5-9-15/h3-33H,1-2H3;5-23H,1-4H3;3-14H,1-2H3. The largest absolute Gasteiger partial charge is 0.494 e. The first kappa shape index (κ1) is 79.4. The average molecular weight is 1680 g/mol. The predicted octanol–water partition coefficient (Wildman–Crippen LogP) is 30.1. The fraction of sp³-hybridized carbons (Fsp3) is 0.105. The number of rotatable bonds is 12. The summed E-state index contributed by atoms with van der Waals surface area (Å²) in [6.45, 7) is 17.6. The topological polar surface area (TPSA) is 95.8 Å². The minimum Gasteiger partial charge on any atom is -0.399 e. The Morgan fingerprint density at radius 3 is 0.905 bits per heavy atom.